The summed E-state index contributed by atoms with van der Waals surface area (Å²) < 4.78 is 15.6. The lowest BCUT2D eigenvalue weighted by Gasteiger charge is -2.39. The third kappa shape index (κ3) is 2.84. The number of carboxylic acid groups (broad SMARTS) is 1. The van der Waals surface area contributed by atoms with Gasteiger partial charge in [0.1, 0.15) is 16.9 Å². The molecule has 0 amide bonds. The van der Waals surface area contributed by atoms with E-state index in [0.29, 0.717) is 38.0 Å². The molecule has 0 radical (unpaired) electrons. The largest absolute Gasteiger partial charge is 0.479 e. The lowest BCUT2D eigenvalue weighted by atomic mass is 9.87. The van der Waals surface area contributed by atoms with Crippen molar-refractivity contribution in [2.75, 3.05) is 13.1 Å². The number of pyridine rings is 1. The van der Waals surface area contributed by atoms with Crippen LogP contribution >= 0.6 is 0 Å². The molecular formula is C19H19FN4O2. The Balaban J connectivity index is 1.50. The minimum absolute atomic E-state index is 0.326. The first-order valence-corrected chi connectivity index (χ1v) is 8.57. The van der Waals surface area contributed by atoms with E-state index in [1.807, 2.05) is 18.2 Å². The van der Waals surface area contributed by atoms with Gasteiger partial charge in [0, 0.05) is 37.4 Å². The van der Waals surface area contributed by atoms with Crippen LogP contribution in [0.2, 0.25) is 0 Å². The maximum absolute atomic E-state index is 13.9. The number of aliphatic carboxylic acids is 1. The SMILES string of the molecule is O=C(O)C1(n2ccnc2)CCN(Cc2ccc3cccc(F)c3n2)CC1. The number of benzene rings is 1. The number of hydrogen-bond donors (Lipinski definition) is 1. The zero-order valence-electron chi connectivity index (χ0n) is 14.2. The Hall–Kier alpha value is -2.80. The normalized spacial score (nSPS) is 17.4. The number of nitrogens with zero attached hydrogens (tertiary/aromatic N) is 4. The molecule has 1 fully saturated rings. The molecule has 2 aromatic heterocycles. The summed E-state index contributed by atoms with van der Waals surface area (Å²) >= 11 is 0. The van der Waals surface area contributed by atoms with Crippen LogP contribution in [0.1, 0.15) is 18.5 Å². The highest BCUT2D eigenvalue weighted by atomic mass is 19.1. The molecule has 0 bridgehead atoms. The highest BCUT2D eigenvalue weighted by molar-refractivity contribution is 5.79. The Kier molecular flexibility index (Phi) is 4.16. The van der Waals surface area contributed by atoms with E-state index in [2.05, 4.69) is 14.9 Å². The van der Waals surface area contributed by atoms with Crippen LogP contribution in [-0.2, 0) is 16.9 Å². The molecule has 0 saturated carbocycles. The number of imidazole rings is 1. The monoisotopic (exact) mass is 354 g/mol. The Morgan fingerprint density at radius 2 is 2.04 bits per heavy atom. The van der Waals surface area contributed by atoms with Gasteiger partial charge in [0.25, 0.3) is 0 Å². The van der Waals surface area contributed by atoms with E-state index in [4.69, 9.17) is 0 Å². The van der Waals surface area contributed by atoms with Crippen molar-refractivity contribution < 1.29 is 14.3 Å². The van der Waals surface area contributed by atoms with Crippen molar-refractivity contribution in [3.8, 4) is 0 Å². The van der Waals surface area contributed by atoms with Crippen LogP contribution in [-0.4, -0.2) is 43.6 Å². The van der Waals surface area contributed by atoms with Crippen molar-refractivity contribution in [3.63, 3.8) is 0 Å². The molecule has 3 heterocycles. The number of likely N-dealkylation sites (tertiary alicyclic amines) is 1. The smallest absolute Gasteiger partial charge is 0.330 e. The third-order valence-electron chi connectivity index (χ3n) is 5.19. The third-order valence-corrected chi connectivity index (χ3v) is 5.19. The van der Waals surface area contributed by atoms with Crippen LogP contribution in [0.15, 0.2) is 49.1 Å². The molecule has 1 aliphatic rings. The van der Waals surface area contributed by atoms with Crippen molar-refractivity contribution >= 4 is 16.9 Å². The number of para-hydroxylation sites is 1. The molecule has 0 spiro atoms. The molecule has 3 aromatic rings. The van der Waals surface area contributed by atoms with Crippen molar-refractivity contribution in [2.45, 2.75) is 24.9 Å². The highest BCUT2D eigenvalue weighted by Crippen LogP contribution is 2.31. The number of aromatic nitrogens is 3. The molecule has 1 aromatic carbocycles. The summed E-state index contributed by atoms with van der Waals surface area (Å²) in [6.45, 7) is 1.83. The van der Waals surface area contributed by atoms with E-state index in [0.717, 1.165) is 11.1 Å². The Labute approximate surface area is 149 Å². The van der Waals surface area contributed by atoms with E-state index in [9.17, 15) is 14.3 Å². The fourth-order valence-corrected chi connectivity index (χ4v) is 3.64. The number of carbonyl (C=O) groups is 1. The first-order chi connectivity index (χ1) is 12.6. The van der Waals surface area contributed by atoms with Crippen molar-refractivity contribution in [3.05, 3.63) is 60.6 Å². The Bertz CT molecular complexity index is 934. The molecule has 0 aliphatic carbocycles. The summed E-state index contributed by atoms with van der Waals surface area (Å²) in [6.07, 6.45) is 5.85. The molecule has 6 nitrogen and oxygen atoms in total. The second-order valence-corrected chi connectivity index (χ2v) is 6.70. The summed E-state index contributed by atoms with van der Waals surface area (Å²) in [5, 5.41) is 10.5. The molecule has 26 heavy (non-hydrogen) atoms. The number of halogens is 1. The standard InChI is InChI=1S/C19H19FN4O2/c20-16-3-1-2-14-4-5-15(22-17(14)16)12-23-9-6-19(7-10-23,18(25)26)24-11-8-21-13-24/h1-5,8,11,13H,6-7,9-10,12H2,(H,25,26). The lowest BCUT2D eigenvalue weighted by molar-refractivity contribution is -0.150. The van der Waals surface area contributed by atoms with Gasteiger partial charge in [0.15, 0.2) is 0 Å². The van der Waals surface area contributed by atoms with Gasteiger partial charge in [-0.05, 0) is 25.0 Å². The molecule has 1 aliphatic heterocycles. The molecular weight excluding hydrogens is 335 g/mol. The van der Waals surface area contributed by atoms with Crippen LogP contribution in [0.3, 0.4) is 0 Å². The summed E-state index contributed by atoms with van der Waals surface area (Å²) in [4.78, 5) is 22.5. The average molecular weight is 354 g/mol. The Morgan fingerprint density at radius 1 is 1.23 bits per heavy atom. The first kappa shape index (κ1) is 16.7. The number of fused-ring (bicyclic) bond motifs is 1. The highest BCUT2D eigenvalue weighted by Gasteiger charge is 2.43. The van der Waals surface area contributed by atoms with Crippen molar-refractivity contribution in [2.24, 2.45) is 0 Å². The van der Waals surface area contributed by atoms with E-state index in [1.54, 1.807) is 29.4 Å². The van der Waals surface area contributed by atoms with Crippen LogP contribution < -0.4 is 0 Å². The summed E-state index contributed by atoms with van der Waals surface area (Å²) in [7, 11) is 0. The van der Waals surface area contributed by atoms with Gasteiger partial charge in [-0.15, -0.1) is 0 Å². The molecule has 0 unspecified atom stereocenters. The van der Waals surface area contributed by atoms with Gasteiger partial charge in [0.2, 0.25) is 0 Å². The summed E-state index contributed by atoms with van der Waals surface area (Å²) in [6, 6.07) is 8.69. The fourth-order valence-electron chi connectivity index (χ4n) is 3.64. The van der Waals surface area contributed by atoms with Gasteiger partial charge in [-0.25, -0.2) is 19.2 Å². The molecule has 7 heteroatoms. The molecule has 134 valence electrons. The maximum Gasteiger partial charge on any atom is 0.330 e. The lowest BCUT2D eigenvalue weighted by Crippen LogP contribution is -2.50. The minimum atomic E-state index is -0.948. The van der Waals surface area contributed by atoms with E-state index < -0.39 is 11.5 Å². The zero-order chi connectivity index (χ0) is 18.1. The zero-order valence-corrected chi connectivity index (χ0v) is 14.2. The predicted molar refractivity (Wildman–Crippen MR) is 94.0 cm³/mol. The fraction of sp³-hybridized carbons (Fsp3) is 0.316. The molecule has 1 saturated heterocycles. The van der Waals surface area contributed by atoms with Gasteiger partial charge < -0.3 is 9.67 Å². The second kappa shape index (κ2) is 6.49. The number of rotatable bonds is 4. The van der Waals surface area contributed by atoms with Crippen LogP contribution in [0.5, 0.6) is 0 Å². The van der Waals surface area contributed by atoms with Crippen molar-refractivity contribution in [1.82, 2.24) is 19.4 Å². The van der Waals surface area contributed by atoms with Crippen LogP contribution in [0, 0.1) is 5.82 Å². The van der Waals surface area contributed by atoms with E-state index in [-0.39, 0.29) is 5.82 Å². The number of hydrogen-bond acceptors (Lipinski definition) is 4. The quantitative estimate of drug-likeness (QED) is 0.780. The van der Waals surface area contributed by atoms with Crippen LogP contribution in [0.25, 0.3) is 10.9 Å². The first-order valence-electron chi connectivity index (χ1n) is 8.57. The van der Waals surface area contributed by atoms with Gasteiger partial charge >= 0.3 is 5.97 Å². The number of carboxylic acids is 1. The van der Waals surface area contributed by atoms with E-state index >= 15 is 0 Å². The Morgan fingerprint density at radius 3 is 2.73 bits per heavy atom. The van der Waals surface area contributed by atoms with Gasteiger partial charge in [-0.2, -0.15) is 0 Å². The summed E-state index contributed by atoms with van der Waals surface area (Å²) in [5.41, 5.74) is 0.212. The van der Waals surface area contributed by atoms with Crippen molar-refractivity contribution in [1.29, 1.82) is 0 Å². The summed E-state index contributed by atoms with van der Waals surface area (Å²) in [5.74, 6) is -1.16. The van der Waals surface area contributed by atoms with Gasteiger partial charge in [-0.3, -0.25) is 4.90 Å². The number of piperidine rings is 1. The maximum atomic E-state index is 13.9. The topological polar surface area (TPSA) is 71.2 Å². The molecule has 1 N–H and O–H groups in total. The minimum Gasteiger partial charge on any atom is -0.479 e. The van der Waals surface area contributed by atoms with Gasteiger partial charge in [0.05, 0.1) is 12.0 Å². The van der Waals surface area contributed by atoms with Gasteiger partial charge in [-0.1, -0.05) is 18.2 Å². The predicted octanol–water partition coefficient (Wildman–Crippen LogP) is 2.65. The van der Waals surface area contributed by atoms with Crippen LogP contribution in [0.4, 0.5) is 4.39 Å². The molecule has 0 atom stereocenters. The van der Waals surface area contributed by atoms with E-state index in [1.165, 1.54) is 6.07 Å². The molecule has 4 rings (SSSR count). The second-order valence-electron chi connectivity index (χ2n) is 6.70. The average Bonchev–Trinajstić information content (AvgIpc) is 3.18.